The normalized spacial score (nSPS) is 21.3. The third-order valence-corrected chi connectivity index (χ3v) is 6.12. The van der Waals surface area contributed by atoms with Crippen molar-refractivity contribution in [2.24, 2.45) is 0 Å². The largest absolute Gasteiger partial charge is 0.0655 e. The van der Waals surface area contributed by atoms with Crippen molar-refractivity contribution in [2.45, 2.75) is 52.4 Å². The highest BCUT2D eigenvalue weighted by Gasteiger charge is 2.23. The lowest BCUT2D eigenvalue weighted by Crippen LogP contribution is -2.03. The first-order valence-corrected chi connectivity index (χ1v) is 9.16. The summed E-state index contributed by atoms with van der Waals surface area (Å²) in [6.45, 7) is 9.21. The Kier molecular flexibility index (Phi) is 3.72. The van der Waals surface area contributed by atoms with Gasteiger partial charge in [0.25, 0.3) is 0 Å². The second kappa shape index (κ2) is 5.77. The summed E-state index contributed by atoms with van der Waals surface area (Å²) < 4.78 is 0. The van der Waals surface area contributed by atoms with Crippen LogP contribution in [0.25, 0.3) is 12.2 Å². The van der Waals surface area contributed by atoms with E-state index in [0.717, 1.165) is 12.8 Å². The van der Waals surface area contributed by atoms with Gasteiger partial charge in [0.05, 0.1) is 0 Å². The fraction of sp³-hybridized carbons (Fsp3) is 0.333. The van der Waals surface area contributed by atoms with E-state index >= 15 is 0 Å². The van der Waals surface area contributed by atoms with E-state index in [1.165, 1.54) is 33.4 Å². The Labute approximate surface area is 145 Å². The highest BCUT2D eigenvalue weighted by atomic mass is 14.3. The molecule has 4 rings (SSSR count). The number of rotatable bonds is 3. The number of hydrogen-bond acceptors (Lipinski definition) is 0. The van der Waals surface area contributed by atoms with Gasteiger partial charge >= 0.3 is 0 Å². The maximum absolute atomic E-state index is 2.36. The van der Waals surface area contributed by atoms with Crippen molar-refractivity contribution in [3.63, 3.8) is 0 Å². The summed E-state index contributed by atoms with van der Waals surface area (Å²) in [5.41, 5.74) is 12.0. The fourth-order valence-electron chi connectivity index (χ4n) is 4.47. The van der Waals surface area contributed by atoms with Crippen LogP contribution in [0.1, 0.15) is 72.9 Å². The van der Waals surface area contributed by atoms with Crippen LogP contribution in [-0.4, -0.2) is 0 Å². The molecule has 0 N–H and O–H groups in total. The van der Waals surface area contributed by atoms with E-state index in [-0.39, 0.29) is 0 Å². The van der Waals surface area contributed by atoms with Crippen LogP contribution in [0.2, 0.25) is 0 Å². The van der Waals surface area contributed by atoms with E-state index in [1.807, 2.05) is 0 Å². The summed E-state index contributed by atoms with van der Waals surface area (Å²) in [5, 5.41) is 0. The van der Waals surface area contributed by atoms with Crippen LogP contribution in [0.3, 0.4) is 0 Å². The van der Waals surface area contributed by atoms with Gasteiger partial charge in [0.2, 0.25) is 0 Å². The van der Waals surface area contributed by atoms with Crippen LogP contribution < -0.4 is 0 Å². The maximum atomic E-state index is 2.36. The molecule has 122 valence electrons. The monoisotopic (exact) mass is 314 g/mol. The van der Waals surface area contributed by atoms with Gasteiger partial charge in [-0.25, -0.2) is 0 Å². The lowest BCUT2D eigenvalue weighted by Gasteiger charge is -2.17. The summed E-state index contributed by atoms with van der Waals surface area (Å²) in [5.74, 6) is 1.14. The molecule has 0 aliphatic heterocycles. The predicted octanol–water partition coefficient (Wildman–Crippen LogP) is 6.51. The van der Waals surface area contributed by atoms with Crippen LogP contribution in [0, 0.1) is 0 Å². The molecule has 2 aliphatic rings. The third kappa shape index (κ3) is 2.36. The lowest BCUT2D eigenvalue weighted by atomic mass is 9.88. The smallest absolute Gasteiger partial charge is 0.00290 e. The van der Waals surface area contributed by atoms with Crippen molar-refractivity contribution in [3.05, 3.63) is 80.9 Å². The van der Waals surface area contributed by atoms with E-state index in [4.69, 9.17) is 0 Å². The fourth-order valence-corrected chi connectivity index (χ4v) is 4.47. The van der Waals surface area contributed by atoms with E-state index in [2.05, 4.69) is 76.2 Å². The number of benzene rings is 2. The molecule has 0 aromatic heterocycles. The Morgan fingerprint density at radius 1 is 0.667 bits per heavy atom. The van der Waals surface area contributed by atoms with Crippen LogP contribution in [0.5, 0.6) is 0 Å². The molecular weight excluding hydrogens is 288 g/mol. The zero-order valence-corrected chi connectivity index (χ0v) is 15.2. The molecule has 0 spiro atoms. The number of allylic oxidation sites excluding steroid dienone is 2. The first-order chi connectivity index (χ1) is 11.6. The average molecular weight is 314 g/mol. The van der Waals surface area contributed by atoms with Crippen molar-refractivity contribution in [1.29, 1.82) is 0 Å². The summed E-state index contributed by atoms with van der Waals surface area (Å²) in [7, 11) is 0. The second-order valence-corrected chi connectivity index (χ2v) is 7.56. The topological polar surface area (TPSA) is 0 Å². The first kappa shape index (κ1) is 15.4. The summed E-state index contributed by atoms with van der Waals surface area (Å²) in [4.78, 5) is 0. The first-order valence-electron chi connectivity index (χ1n) is 9.16. The summed E-state index contributed by atoms with van der Waals surface area (Å²) >= 11 is 0. The maximum Gasteiger partial charge on any atom is 0.00290 e. The van der Waals surface area contributed by atoms with Crippen molar-refractivity contribution >= 4 is 12.2 Å². The SMILES string of the molecule is CC1=Cc2cccc(CCc3cccc4c3C(C)C(C)=C4)c2C1C. The molecule has 0 amide bonds. The van der Waals surface area contributed by atoms with E-state index in [0.29, 0.717) is 11.8 Å². The number of aryl methyl sites for hydroxylation is 2. The minimum absolute atomic E-state index is 0.570. The molecule has 0 saturated carbocycles. The van der Waals surface area contributed by atoms with Gasteiger partial charge in [-0.05, 0) is 60.1 Å². The van der Waals surface area contributed by atoms with Crippen LogP contribution in [0.15, 0.2) is 47.5 Å². The van der Waals surface area contributed by atoms with Gasteiger partial charge in [-0.3, -0.25) is 0 Å². The second-order valence-electron chi connectivity index (χ2n) is 7.56. The molecule has 24 heavy (non-hydrogen) atoms. The van der Waals surface area contributed by atoms with Crippen molar-refractivity contribution in [1.82, 2.24) is 0 Å². The summed E-state index contributed by atoms with van der Waals surface area (Å²) in [6.07, 6.45) is 6.99. The van der Waals surface area contributed by atoms with E-state index in [1.54, 1.807) is 11.1 Å². The molecule has 0 saturated heterocycles. The zero-order chi connectivity index (χ0) is 16.8. The summed E-state index contributed by atoms with van der Waals surface area (Å²) in [6, 6.07) is 13.6. The Hall–Kier alpha value is -2.08. The van der Waals surface area contributed by atoms with Gasteiger partial charge < -0.3 is 0 Å². The molecule has 2 aliphatic carbocycles. The molecule has 0 nitrogen and oxygen atoms in total. The van der Waals surface area contributed by atoms with Gasteiger partial charge in [-0.2, -0.15) is 0 Å². The zero-order valence-electron chi connectivity index (χ0n) is 15.2. The van der Waals surface area contributed by atoms with Gasteiger partial charge in [0.1, 0.15) is 0 Å². The molecule has 0 heteroatoms. The minimum Gasteiger partial charge on any atom is -0.0655 e. The number of hydrogen-bond donors (Lipinski definition) is 0. The molecule has 2 aromatic rings. The van der Waals surface area contributed by atoms with Crippen LogP contribution >= 0.6 is 0 Å². The molecule has 0 radical (unpaired) electrons. The van der Waals surface area contributed by atoms with Gasteiger partial charge in [-0.1, -0.05) is 73.5 Å². The third-order valence-electron chi connectivity index (χ3n) is 6.12. The van der Waals surface area contributed by atoms with Gasteiger partial charge in [-0.15, -0.1) is 0 Å². The minimum atomic E-state index is 0.570. The highest BCUT2D eigenvalue weighted by molar-refractivity contribution is 5.69. The Morgan fingerprint density at radius 2 is 1.08 bits per heavy atom. The van der Waals surface area contributed by atoms with Crippen LogP contribution in [-0.2, 0) is 12.8 Å². The molecule has 0 heterocycles. The molecule has 2 aromatic carbocycles. The predicted molar refractivity (Wildman–Crippen MR) is 104 cm³/mol. The molecular formula is C24H26. The Morgan fingerprint density at radius 3 is 1.50 bits per heavy atom. The van der Waals surface area contributed by atoms with E-state index < -0.39 is 0 Å². The quantitative estimate of drug-likeness (QED) is 0.605. The molecule has 2 atom stereocenters. The number of fused-ring (bicyclic) bond motifs is 2. The Balaban J connectivity index is 1.62. The average Bonchev–Trinajstić information content (AvgIpc) is 3.03. The molecule has 0 fully saturated rings. The van der Waals surface area contributed by atoms with Crippen molar-refractivity contribution in [2.75, 3.05) is 0 Å². The lowest BCUT2D eigenvalue weighted by molar-refractivity contribution is 0.844. The Bertz CT molecular complexity index is 790. The standard InChI is InChI=1S/C24H26/c1-15-13-21-9-5-7-19(23(21)17(15)3)11-12-20-8-6-10-22-14-16(2)18(4)24(20)22/h5-10,13-14,17-18H,11-12H2,1-4H3. The van der Waals surface area contributed by atoms with Gasteiger partial charge in [0, 0.05) is 11.8 Å². The van der Waals surface area contributed by atoms with Crippen LogP contribution in [0.4, 0.5) is 0 Å². The van der Waals surface area contributed by atoms with Gasteiger partial charge in [0.15, 0.2) is 0 Å². The molecule has 2 unspecified atom stereocenters. The molecule has 0 bridgehead atoms. The van der Waals surface area contributed by atoms with Crippen molar-refractivity contribution in [3.8, 4) is 0 Å². The van der Waals surface area contributed by atoms with Crippen molar-refractivity contribution < 1.29 is 0 Å². The van der Waals surface area contributed by atoms with E-state index in [9.17, 15) is 0 Å². The highest BCUT2D eigenvalue weighted by Crippen LogP contribution is 2.40.